The molecule has 6 heteroatoms. The molecule has 4 aromatic rings. The summed E-state index contributed by atoms with van der Waals surface area (Å²) >= 11 is 0. The first-order chi connectivity index (χ1) is 17.6. The van der Waals surface area contributed by atoms with Gasteiger partial charge in [0.15, 0.2) is 0 Å². The topological polar surface area (TPSA) is 92.4 Å². The molecule has 4 rings (SSSR count). The molecule has 1 heterocycles. The van der Waals surface area contributed by atoms with E-state index in [2.05, 4.69) is 48.3 Å². The highest BCUT2D eigenvalue weighted by Gasteiger charge is 2.38. The molecule has 0 unspecified atom stereocenters. The number of benzene rings is 3. The van der Waals surface area contributed by atoms with Crippen molar-refractivity contribution in [3.05, 3.63) is 106 Å². The molecule has 0 saturated heterocycles. The van der Waals surface area contributed by atoms with Gasteiger partial charge in [-0.25, -0.2) is 4.79 Å². The molecule has 0 aliphatic carbocycles. The number of rotatable bonds is 6. The third-order valence-electron chi connectivity index (χ3n) is 6.62. The number of amides is 1. The molecule has 0 fully saturated rings. The molecule has 37 heavy (non-hydrogen) atoms. The van der Waals surface area contributed by atoms with Gasteiger partial charge >= 0.3 is 5.63 Å². The van der Waals surface area contributed by atoms with E-state index in [1.165, 1.54) is 0 Å². The van der Waals surface area contributed by atoms with Gasteiger partial charge in [0.05, 0.1) is 17.7 Å². The van der Waals surface area contributed by atoms with Gasteiger partial charge in [0.25, 0.3) is 0 Å². The summed E-state index contributed by atoms with van der Waals surface area (Å²) in [6.07, 6.45) is 0.468. The SMILES string of the molecule is Cc1noc(=O)c2ccc(NC(=O)[C@](C)(C#Cc3ccc(CO)cc3)CC(C)(C)c3ccccc3)cc12. The number of hydrogen-bond acceptors (Lipinski definition) is 5. The van der Waals surface area contributed by atoms with Crippen molar-refractivity contribution in [2.45, 2.75) is 46.1 Å². The van der Waals surface area contributed by atoms with Crippen LogP contribution in [0.3, 0.4) is 0 Å². The largest absolute Gasteiger partial charge is 0.392 e. The van der Waals surface area contributed by atoms with Gasteiger partial charge in [0.1, 0.15) is 5.41 Å². The van der Waals surface area contributed by atoms with Gasteiger partial charge in [-0.15, -0.1) is 0 Å². The van der Waals surface area contributed by atoms with Crippen LogP contribution in [0.5, 0.6) is 0 Å². The number of carbonyl (C=O) groups excluding carboxylic acids is 1. The highest BCUT2D eigenvalue weighted by atomic mass is 16.5. The van der Waals surface area contributed by atoms with Crippen molar-refractivity contribution < 1.29 is 14.4 Å². The quantitative estimate of drug-likeness (QED) is 0.353. The number of nitrogens with zero attached hydrogens (tertiary/aromatic N) is 1. The molecule has 3 aromatic carbocycles. The Kier molecular flexibility index (Phi) is 7.28. The molecule has 1 amide bonds. The molecule has 6 nitrogen and oxygen atoms in total. The van der Waals surface area contributed by atoms with Crippen molar-refractivity contribution >= 4 is 22.4 Å². The third-order valence-corrected chi connectivity index (χ3v) is 6.62. The fraction of sp³-hybridized carbons (Fsp3) is 0.258. The van der Waals surface area contributed by atoms with Crippen LogP contribution >= 0.6 is 0 Å². The third kappa shape index (κ3) is 5.79. The fourth-order valence-corrected chi connectivity index (χ4v) is 4.54. The Morgan fingerprint density at radius 3 is 2.38 bits per heavy atom. The smallest absolute Gasteiger partial charge is 0.366 e. The average Bonchev–Trinajstić information content (AvgIpc) is 2.90. The zero-order valence-electron chi connectivity index (χ0n) is 21.5. The minimum atomic E-state index is -1.05. The molecular weight excluding hydrogens is 464 g/mol. The van der Waals surface area contributed by atoms with Crippen LogP contribution in [0.15, 0.2) is 82.1 Å². The summed E-state index contributed by atoms with van der Waals surface area (Å²) in [5.74, 6) is 6.17. The van der Waals surface area contributed by atoms with Crippen LogP contribution in [0, 0.1) is 24.2 Å². The monoisotopic (exact) mass is 494 g/mol. The summed E-state index contributed by atoms with van der Waals surface area (Å²) in [5, 5.41) is 17.2. The molecule has 1 aromatic heterocycles. The van der Waals surface area contributed by atoms with E-state index in [0.29, 0.717) is 28.6 Å². The summed E-state index contributed by atoms with van der Waals surface area (Å²) in [6.45, 7) is 7.77. The normalized spacial score (nSPS) is 12.9. The van der Waals surface area contributed by atoms with Gasteiger partial charge < -0.3 is 14.9 Å². The van der Waals surface area contributed by atoms with Crippen LogP contribution in [0.25, 0.3) is 10.8 Å². The summed E-state index contributed by atoms with van der Waals surface area (Å²) in [4.78, 5) is 25.8. The average molecular weight is 495 g/mol. The zero-order valence-corrected chi connectivity index (χ0v) is 21.5. The summed E-state index contributed by atoms with van der Waals surface area (Å²) in [7, 11) is 0. The van der Waals surface area contributed by atoms with Gasteiger partial charge in [0.2, 0.25) is 5.91 Å². The molecule has 188 valence electrons. The fourth-order valence-electron chi connectivity index (χ4n) is 4.54. The molecule has 0 spiro atoms. The maximum Gasteiger partial charge on any atom is 0.366 e. The van der Waals surface area contributed by atoms with Gasteiger partial charge in [-0.2, -0.15) is 0 Å². The van der Waals surface area contributed by atoms with Crippen LogP contribution in [-0.4, -0.2) is 16.2 Å². The lowest BCUT2D eigenvalue weighted by Gasteiger charge is -2.34. The summed E-state index contributed by atoms with van der Waals surface area (Å²) < 4.78 is 4.81. The second-order valence-electron chi connectivity index (χ2n) is 10.1. The Morgan fingerprint density at radius 2 is 1.70 bits per heavy atom. The predicted octanol–water partition coefficient (Wildman–Crippen LogP) is 5.35. The van der Waals surface area contributed by atoms with Crippen molar-refractivity contribution in [2.24, 2.45) is 5.41 Å². The first-order valence-corrected chi connectivity index (χ1v) is 12.1. The molecular formula is C31H30N2O4. The van der Waals surface area contributed by atoms with Crippen LogP contribution < -0.4 is 10.9 Å². The molecule has 2 N–H and O–H groups in total. The van der Waals surface area contributed by atoms with Gasteiger partial charge in [-0.1, -0.05) is 73.3 Å². The number of aliphatic hydroxyl groups is 1. The van der Waals surface area contributed by atoms with E-state index in [1.807, 2.05) is 49.4 Å². The van der Waals surface area contributed by atoms with Crippen molar-refractivity contribution in [1.82, 2.24) is 5.16 Å². The Balaban J connectivity index is 1.71. The number of fused-ring (bicyclic) bond motifs is 1. The zero-order chi connectivity index (χ0) is 26.6. The maximum atomic E-state index is 13.8. The van der Waals surface area contributed by atoms with E-state index in [9.17, 15) is 14.7 Å². The highest BCUT2D eigenvalue weighted by Crippen LogP contribution is 2.37. The standard InChI is InChI=1S/C31H30N2O4/c1-21-27-18-25(14-15-26(27)28(35)37-33-21)32-29(36)31(4,17-16-22-10-12-23(19-34)13-11-22)20-30(2,3)24-8-6-5-7-9-24/h5-15,18,34H,19-20H2,1-4H3,(H,32,36)/t31-/m1/s1. The number of carbonyl (C=O) groups is 1. The second-order valence-corrected chi connectivity index (χ2v) is 10.1. The predicted molar refractivity (Wildman–Crippen MR) is 145 cm³/mol. The molecule has 0 aliphatic heterocycles. The van der Waals surface area contributed by atoms with Crippen LogP contribution in [0.1, 0.15) is 49.6 Å². The number of aryl methyl sites for hydroxylation is 1. The first kappa shape index (κ1) is 25.9. The van der Waals surface area contributed by atoms with Crippen molar-refractivity contribution in [3.8, 4) is 11.8 Å². The van der Waals surface area contributed by atoms with Crippen molar-refractivity contribution in [1.29, 1.82) is 0 Å². The molecule has 0 saturated carbocycles. The van der Waals surface area contributed by atoms with Crippen LogP contribution in [-0.2, 0) is 16.8 Å². The Labute approximate surface area is 216 Å². The van der Waals surface area contributed by atoms with E-state index in [1.54, 1.807) is 25.1 Å². The lowest BCUT2D eigenvalue weighted by molar-refractivity contribution is -0.123. The highest BCUT2D eigenvalue weighted by molar-refractivity contribution is 5.99. The van der Waals surface area contributed by atoms with Crippen molar-refractivity contribution in [2.75, 3.05) is 5.32 Å². The number of hydrogen-bond donors (Lipinski definition) is 2. The number of nitrogens with one attached hydrogen (secondary N) is 1. The summed E-state index contributed by atoms with van der Waals surface area (Å²) in [6, 6.07) is 22.4. The first-order valence-electron chi connectivity index (χ1n) is 12.1. The Morgan fingerprint density at radius 1 is 1.00 bits per heavy atom. The van der Waals surface area contributed by atoms with Crippen molar-refractivity contribution in [3.63, 3.8) is 0 Å². The minimum absolute atomic E-state index is 0.0399. The van der Waals surface area contributed by atoms with Crippen LogP contribution in [0.4, 0.5) is 5.69 Å². The van der Waals surface area contributed by atoms with E-state index in [4.69, 9.17) is 4.52 Å². The lowest BCUT2D eigenvalue weighted by atomic mass is 9.70. The van der Waals surface area contributed by atoms with Gasteiger partial charge in [-0.05, 0) is 67.1 Å². The van der Waals surface area contributed by atoms with Gasteiger partial charge in [0, 0.05) is 16.6 Å². The minimum Gasteiger partial charge on any atom is -0.392 e. The van der Waals surface area contributed by atoms with Crippen LogP contribution in [0.2, 0.25) is 0 Å². The van der Waals surface area contributed by atoms with Gasteiger partial charge in [-0.3, -0.25) is 4.79 Å². The maximum absolute atomic E-state index is 13.8. The van der Waals surface area contributed by atoms with E-state index in [-0.39, 0.29) is 17.9 Å². The number of aliphatic hydroxyl groups excluding tert-OH is 1. The number of aromatic nitrogens is 1. The van der Waals surface area contributed by atoms with E-state index in [0.717, 1.165) is 16.7 Å². The number of anilines is 1. The Hall–Kier alpha value is -4.21. The molecule has 0 bridgehead atoms. The van der Waals surface area contributed by atoms with E-state index < -0.39 is 11.0 Å². The molecule has 0 aliphatic rings. The second kappa shape index (κ2) is 10.4. The van der Waals surface area contributed by atoms with E-state index >= 15 is 0 Å². The lowest BCUT2D eigenvalue weighted by Crippen LogP contribution is -2.38. The molecule has 0 radical (unpaired) electrons. The Bertz CT molecular complexity index is 1540. The summed E-state index contributed by atoms with van der Waals surface area (Å²) in [5.41, 5.74) is 1.86. The molecule has 1 atom stereocenters.